The van der Waals surface area contributed by atoms with Crippen molar-refractivity contribution in [3.05, 3.63) is 0 Å². The molecule has 10 heavy (non-hydrogen) atoms. The van der Waals surface area contributed by atoms with Crippen LogP contribution in [0.3, 0.4) is 0 Å². The van der Waals surface area contributed by atoms with Crippen molar-refractivity contribution in [2.75, 3.05) is 7.05 Å². The minimum absolute atomic E-state index is 0.266. The summed E-state index contributed by atoms with van der Waals surface area (Å²) in [5, 5.41) is 1.00. The summed E-state index contributed by atoms with van der Waals surface area (Å²) >= 11 is 0. The summed E-state index contributed by atoms with van der Waals surface area (Å²) < 4.78 is 0. The minimum atomic E-state index is -0.287. The molecule has 0 heterocycles. The van der Waals surface area contributed by atoms with Crippen LogP contribution in [0.1, 0.15) is 13.8 Å². The summed E-state index contributed by atoms with van der Waals surface area (Å²) in [6.07, 6.45) is 0. The lowest BCUT2D eigenvalue weighted by molar-refractivity contribution is -0.142. The molecule has 0 spiro atoms. The number of rotatable bonds is 1. The molecule has 0 atom stereocenters. The van der Waals surface area contributed by atoms with Gasteiger partial charge in [0, 0.05) is 20.9 Å². The first-order valence-corrected chi connectivity index (χ1v) is 2.83. The van der Waals surface area contributed by atoms with Crippen LogP contribution in [-0.2, 0) is 9.59 Å². The van der Waals surface area contributed by atoms with Crippen LogP contribution in [-0.4, -0.2) is 24.0 Å². The van der Waals surface area contributed by atoms with Gasteiger partial charge < -0.3 is 0 Å². The van der Waals surface area contributed by atoms with Crippen LogP contribution in [0.4, 0.5) is 0 Å². The second-order valence-electron chi connectivity index (χ2n) is 1.75. The molecule has 0 radical (unpaired) electrons. The first-order chi connectivity index (χ1) is 4.57. The minimum Gasteiger partial charge on any atom is -0.274 e. The van der Waals surface area contributed by atoms with Crippen molar-refractivity contribution < 1.29 is 9.59 Å². The number of hydrazine groups is 2. The molecule has 0 fully saturated rings. The molecule has 5 heteroatoms. The van der Waals surface area contributed by atoms with Crippen molar-refractivity contribution >= 4 is 11.8 Å². The summed E-state index contributed by atoms with van der Waals surface area (Å²) in [6, 6.07) is 0. The first-order valence-electron chi connectivity index (χ1n) is 2.83. The molecule has 0 aliphatic heterocycles. The Kier molecular flexibility index (Phi) is 3.42. The third-order valence-corrected chi connectivity index (χ3v) is 0.808. The second kappa shape index (κ2) is 3.84. The Morgan fingerprint density at radius 3 is 1.90 bits per heavy atom. The van der Waals surface area contributed by atoms with Gasteiger partial charge in [-0.3, -0.25) is 15.0 Å². The van der Waals surface area contributed by atoms with E-state index in [1.54, 1.807) is 0 Å². The highest BCUT2D eigenvalue weighted by molar-refractivity contribution is 5.78. The standard InChI is InChI=1S/C5H11N3O2/c1-4(9)7-8(6-3)5(2)10/h6H,1-3H3,(H,7,9). The van der Waals surface area contributed by atoms with Crippen molar-refractivity contribution in [2.45, 2.75) is 13.8 Å². The highest BCUT2D eigenvalue weighted by atomic mass is 16.2. The lowest BCUT2D eigenvalue weighted by Gasteiger charge is -2.18. The van der Waals surface area contributed by atoms with Crippen LogP contribution in [0.5, 0.6) is 0 Å². The molecule has 58 valence electrons. The lowest BCUT2D eigenvalue weighted by Crippen LogP contribution is -2.51. The van der Waals surface area contributed by atoms with E-state index in [2.05, 4.69) is 10.9 Å². The fourth-order valence-corrected chi connectivity index (χ4v) is 0.450. The Labute approximate surface area is 59.3 Å². The molecule has 0 unspecified atom stereocenters. The van der Waals surface area contributed by atoms with Gasteiger partial charge in [-0.15, -0.1) is 0 Å². The summed E-state index contributed by atoms with van der Waals surface area (Å²) in [6.45, 7) is 2.67. The van der Waals surface area contributed by atoms with Crippen molar-refractivity contribution in [3.8, 4) is 0 Å². The van der Waals surface area contributed by atoms with Crippen molar-refractivity contribution in [1.82, 2.24) is 16.0 Å². The monoisotopic (exact) mass is 145 g/mol. The Morgan fingerprint density at radius 1 is 1.30 bits per heavy atom. The number of carbonyl (C=O) groups is 2. The summed E-state index contributed by atoms with van der Waals surface area (Å²) in [7, 11) is 1.54. The molecular weight excluding hydrogens is 134 g/mol. The molecule has 0 aromatic rings. The Bertz CT molecular complexity index is 146. The van der Waals surface area contributed by atoms with Crippen LogP contribution in [0.15, 0.2) is 0 Å². The van der Waals surface area contributed by atoms with Gasteiger partial charge in [0.2, 0.25) is 5.91 Å². The van der Waals surface area contributed by atoms with Gasteiger partial charge in [0.25, 0.3) is 5.91 Å². The molecule has 0 rings (SSSR count). The lowest BCUT2D eigenvalue weighted by atomic mass is 10.7. The third-order valence-electron chi connectivity index (χ3n) is 0.808. The van der Waals surface area contributed by atoms with Gasteiger partial charge >= 0.3 is 0 Å². The van der Waals surface area contributed by atoms with E-state index < -0.39 is 0 Å². The number of nitrogens with zero attached hydrogens (tertiary/aromatic N) is 1. The summed E-state index contributed by atoms with van der Waals surface area (Å²) in [5.41, 5.74) is 4.75. The van der Waals surface area contributed by atoms with Crippen LogP contribution in [0.25, 0.3) is 0 Å². The SMILES string of the molecule is CNN(NC(C)=O)C(C)=O. The van der Waals surface area contributed by atoms with Crippen molar-refractivity contribution in [1.29, 1.82) is 0 Å². The van der Waals surface area contributed by atoms with Gasteiger partial charge in [-0.05, 0) is 0 Å². The quantitative estimate of drug-likeness (QED) is 0.466. The van der Waals surface area contributed by atoms with Crippen LogP contribution < -0.4 is 10.9 Å². The van der Waals surface area contributed by atoms with E-state index in [0.717, 1.165) is 5.12 Å². The normalized spacial score (nSPS) is 8.70. The van der Waals surface area contributed by atoms with E-state index >= 15 is 0 Å². The maximum Gasteiger partial charge on any atom is 0.252 e. The number of hydrogen-bond donors (Lipinski definition) is 2. The number of hydrogen-bond acceptors (Lipinski definition) is 3. The zero-order chi connectivity index (χ0) is 8.15. The first kappa shape index (κ1) is 8.90. The van der Waals surface area contributed by atoms with Crippen LogP contribution in [0, 0.1) is 0 Å². The Hall–Kier alpha value is -1.10. The number of carbonyl (C=O) groups excluding carboxylic acids is 2. The third kappa shape index (κ3) is 3.03. The smallest absolute Gasteiger partial charge is 0.252 e. The predicted molar refractivity (Wildman–Crippen MR) is 35.4 cm³/mol. The number of nitrogens with one attached hydrogen (secondary N) is 2. The molecule has 2 N–H and O–H groups in total. The van der Waals surface area contributed by atoms with E-state index in [1.165, 1.54) is 20.9 Å². The van der Waals surface area contributed by atoms with Gasteiger partial charge in [0.05, 0.1) is 0 Å². The fourth-order valence-electron chi connectivity index (χ4n) is 0.450. The van der Waals surface area contributed by atoms with E-state index in [0.29, 0.717) is 0 Å². The average molecular weight is 145 g/mol. The largest absolute Gasteiger partial charge is 0.274 e. The molecule has 0 aromatic carbocycles. The Balaban J connectivity index is 3.83. The second-order valence-corrected chi connectivity index (χ2v) is 1.75. The van der Waals surface area contributed by atoms with Gasteiger partial charge in [-0.2, -0.15) is 5.12 Å². The highest BCUT2D eigenvalue weighted by Crippen LogP contribution is 1.74. The number of amides is 2. The fraction of sp³-hybridized carbons (Fsp3) is 0.600. The van der Waals surface area contributed by atoms with E-state index in [1.807, 2.05) is 0 Å². The molecule has 0 saturated carbocycles. The van der Waals surface area contributed by atoms with Gasteiger partial charge in [0.1, 0.15) is 0 Å². The summed E-state index contributed by atoms with van der Waals surface area (Å²) in [5.74, 6) is -0.553. The molecule has 5 nitrogen and oxygen atoms in total. The van der Waals surface area contributed by atoms with Gasteiger partial charge in [-0.25, -0.2) is 5.43 Å². The molecule has 0 saturated heterocycles. The molecule has 0 aromatic heterocycles. The molecular formula is C5H11N3O2. The highest BCUT2D eigenvalue weighted by Gasteiger charge is 2.04. The van der Waals surface area contributed by atoms with Gasteiger partial charge in [0.15, 0.2) is 0 Å². The molecule has 2 amide bonds. The maximum absolute atomic E-state index is 10.6. The van der Waals surface area contributed by atoms with Gasteiger partial charge in [-0.1, -0.05) is 0 Å². The van der Waals surface area contributed by atoms with Crippen LogP contribution >= 0.6 is 0 Å². The van der Waals surface area contributed by atoms with Crippen molar-refractivity contribution in [2.24, 2.45) is 0 Å². The van der Waals surface area contributed by atoms with E-state index in [9.17, 15) is 9.59 Å². The predicted octanol–water partition coefficient (Wildman–Crippen LogP) is -0.980. The molecule has 0 bridgehead atoms. The molecule has 0 aliphatic carbocycles. The summed E-state index contributed by atoms with van der Waals surface area (Å²) in [4.78, 5) is 20.9. The van der Waals surface area contributed by atoms with E-state index in [4.69, 9.17) is 0 Å². The van der Waals surface area contributed by atoms with Crippen molar-refractivity contribution in [3.63, 3.8) is 0 Å². The topological polar surface area (TPSA) is 61.4 Å². The zero-order valence-electron chi connectivity index (χ0n) is 6.26. The zero-order valence-corrected chi connectivity index (χ0v) is 6.26. The molecule has 0 aliphatic rings. The van der Waals surface area contributed by atoms with E-state index in [-0.39, 0.29) is 11.8 Å². The maximum atomic E-state index is 10.6. The Morgan fingerprint density at radius 2 is 1.80 bits per heavy atom. The average Bonchev–Trinajstić information content (AvgIpc) is 1.81. The van der Waals surface area contributed by atoms with Crippen LogP contribution in [0.2, 0.25) is 0 Å².